The van der Waals surface area contributed by atoms with E-state index in [1.807, 2.05) is 18.4 Å². The Morgan fingerprint density at radius 1 is 1.11 bits per heavy atom. The van der Waals surface area contributed by atoms with E-state index in [4.69, 9.17) is 42.8 Å². The monoisotopic (exact) mass is 547 g/mol. The fourth-order valence-corrected chi connectivity index (χ4v) is 5.74. The van der Waals surface area contributed by atoms with E-state index in [9.17, 15) is 4.79 Å². The number of rotatable bonds is 6. The van der Waals surface area contributed by atoms with Gasteiger partial charge in [-0.3, -0.25) is 4.79 Å². The minimum absolute atomic E-state index is 0.216. The molecule has 1 aliphatic carbocycles. The van der Waals surface area contributed by atoms with Gasteiger partial charge in [0, 0.05) is 10.9 Å². The molecule has 11 heteroatoms. The lowest BCUT2D eigenvalue weighted by Crippen LogP contribution is -2.32. The molecule has 0 saturated heterocycles. The van der Waals surface area contributed by atoms with Gasteiger partial charge in [0.05, 0.1) is 45.2 Å². The first-order chi connectivity index (χ1) is 17.3. The Kier molecular flexibility index (Phi) is 7.87. The molecule has 8 nitrogen and oxygen atoms in total. The van der Waals surface area contributed by atoms with Crippen LogP contribution in [0.5, 0.6) is 23.0 Å². The summed E-state index contributed by atoms with van der Waals surface area (Å²) in [5, 5.41) is 9.94. The van der Waals surface area contributed by atoms with E-state index in [1.54, 1.807) is 19.2 Å². The van der Waals surface area contributed by atoms with Crippen LogP contribution in [0, 0.1) is 6.92 Å². The van der Waals surface area contributed by atoms with Crippen LogP contribution in [0.15, 0.2) is 28.4 Å². The average Bonchev–Trinajstić information content (AvgIpc) is 3.11. The van der Waals surface area contributed by atoms with Gasteiger partial charge in [0.25, 0.3) is 0 Å². The van der Waals surface area contributed by atoms with Crippen molar-refractivity contribution in [3.05, 3.63) is 55.6 Å². The van der Waals surface area contributed by atoms with Gasteiger partial charge in [-0.1, -0.05) is 17.7 Å². The number of anilines is 1. The molecule has 0 spiro atoms. The summed E-state index contributed by atoms with van der Waals surface area (Å²) in [6.07, 6.45) is 1.15. The molecule has 1 aromatic heterocycles. The van der Waals surface area contributed by atoms with Crippen molar-refractivity contribution in [2.75, 3.05) is 33.8 Å². The number of aromatic nitrogens is 1. The molecule has 1 atom stereocenters. The van der Waals surface area contributed by atoms with Crippen molar-refractivity contribution in [3.8, 4) is 34.1 Å². The second-order valence-corrected chi connectivity index (χ2v) is 9.67. The summed E-state index contributed by atoms with van der Waals surface area (Å²) in [4.78, 5) is 17.4. The molecule has 0 fully saturated rings. The van der Waals surface area contributed by atoms with E-state index < -0.39 is 0 Å². The molecule has 36 heavy (non-hydrogen) atoms. The quantitative estimate of drug-likeness (QED) is 0.407. The lowest BCUT2D eigenvalue weighted by Gasteiger charge is -2.21. The molecule has 0 aliphatic heterocycles. The maximum atomic E-state index is 13.0. The predicted octanol–water partition coefficient (Wildman–Crippen LogP) is 5.14. The van der Waals surface area contributed by atoms with Crippen molar-refractivity contribution in [1.82, 2.24) is 10.3 Å². The van der Waals surface area contributed by atoms with Crippen LogP contribution in [0.25, 0.3) is 11.1 Å². The Bertz CT molecular complexity index is 1380. The smallest absolute Gasteiger partial charge is 0.220 e. The Balaban J connectivity index is 1.91. The van der Waals surface area contributed by atoms with Crippen LogP contribution in [-0.2, 0) is 6.42 Å². The van der Waals surface area contributed by atoms with E-state index in [1.165, 1.54) is 32.7 Å². The molecule has 0 amide bonds. The van der Waals surface area contributed by atoms with Crippen molar-refractivity contribution in [1.29, 1.82) is 0 Å². The number of nitrogens with zero attached hydrogens (tertiary/aromatic N) is 1. The van der Waals surface area contributed by atoms with Crippen molar-refractivity contribution >= 4 is 45.4 Å². The summed E-state index contributed by atoms with van der Waals surface area (Å²) in [7, 11) is 6.08. The summed E-state index contributed by atoms with van der Waals surface area (Å²) >= 11 is 13.9. The first-order valence-electron chi connectivity index (χ1n) is 11.0. The Morgan fingerprint density at radius 3 is 2.44 bits per heavy atom. The van der Waals surface area contributed by atoms with E-state index >= 15 is 0 Å². The maximum Gasteiger partial charge on any atom is 0.220 e. The molecule has 0 radical (unpaired) electrons. The first-order valence-corrected chi connectivity index (χ1v) is 12.7. The number of methoxy groups -OCH3 is 4. The molecule has 2 N–H and O–H groups in total. The first kappa shape index (κ1) is 26.0. The number of thiazole rings is 1. The number of ether oxygens (including phenoxy) is 4. The van der Waals surface area contributed by atoms with Gasteiger partial charge in [-0.15, -0.1) is 11.3 Å². The average molecular weight is 548 g/mol. The van der Waals surface area contributed by atoms with Gasteiger partial charge in [0.1, 0.15) is 0 Å². The molecule has 1 aliphatic rings. The highest BCUT2D eigenvalue weighted by Gasteiger charge is 2.32. The molecule has 0 bridgehead atoms. The molecule has 2 aromatic carbocycles. The van der Waals surface area contributed by atoms with Gasteiger partial charge in [0.15, 0.2) is 27.5 Å². The zero-order valence-electron chi connectivity index (χ0n) is 20.5. The maximum absolute atomic E-state index is 13.0. The standard InChI is InChI=1S/C25H26ClN3O5S2/c1-12-11-36-25(27-12)29-24(35)28-16-8-6-14-19(13-7-9-18(31-2)17(30)10-15(13)16)21(32-3)23(34-5)22(33-4)20(14)26/h7,9-11,16H,6,8H2,1-5H3,(H2,27,28,29,35)/t16-/m0/s1. The highest BCUT2D eigenvalue weighted by molar-refractivity contribution is 7.80. The van der Waals surface area contributed by atoms with Gasteiger partial charge in [-0.2, -0.15) is 0 Å². The van der Waals surface area contributed by atoms with Crippen LogP contribution in [0.1, 0.15) is 29.3 Å². The van der Waals surface area contributed by atoms with E-state index in [-0.39, 0.29) is 17.2 Å². The van der Waals surface area contributed by atoms with Crippen molar-refractivity contribution < 1.29 is 18.9 Å². The number of hydrogen-bond acceptors (Lipinski definition) is 8. The predicted molar refractivity (Wildman–Crippen MR) is 147 cm³/mol. The van der Waals surface area contributed by atoms with Gasteiger partial charge in [-0.05, 0) is 60.8 Å². The molecular weight excluding hydrogens is 522 g/mol. The minimum Gasteiger partial charge on any atom is -0.493 e. The topological polar surface area (TPSA) is 90.9 Å². The lowest BCUT2D eigenvalue weighted by atomic mass is 9.95. The van der Waals surface area contributed by atoms with Crippen molar-refractivity contribution in [2.45, 2.75) is 25.8 Å². The Hall–Kier alpha value is -3.08. The Morgan fingerprint density at radius 2 is 1.83 bits per heavy atom. The summed E-state index contributed by atoms with van der Waals surface area (Å²) in [6.45, 7) is 1.92. The largest absolute Gasteiger partial charge is 0.493 e. The van der Waals surface area contributed by atoms with Crippen LogP contribution in [0.4, 0.5) is 5.13 Å². The van der Waals surface area contributed by atoms with E-state index in [2.05, 4.69) is 15.6 Å². The normalized spacial score (nSPS) is 14.1. The SMILES string of the molecule is COc1c(Cl)c2c(c(OC)c1OC)-c1ccc(OC)c(=O)cc1[C@@H](NC(=S)Nc1nc(C)cs1)CC2. The number of nitrogens with one attached hydrogen (secondary N) is 2. The van der Waals surface area contributed by atoms with Gasteiger partial charge >= 0.3 is 0 Å². The molecule has 190 valence electrons. The second-order valence-electron chi connectivity index (χ2n) is 8.03. The van der Waals surface area contributed by atoms with Crippen LogP contribution >= 0.6 is 35.2 Å². The summed E-state index contributed by atoms with van der Waals surface area (Å²) in [5.41, 5.74) is 3.67. The molecule has 0 unspecified atom stereocenters. The lowest BCUT2D eigenvalue weighted by molar-refractivity contribution is 0.325. The number of halogens is 1. The van der Waals surface area contributed by atoms with E-state index in [0.717, 1.165) is 27.9 Å². The number of hydrogen-bond donors (Lipinski definition) is 2. The fourth-order valence-electron chi connectivity index (χ4n) is 4.39. The number of benzene rings is 1. The second kappa shape index (κ2) is 10.9. The molecule has 0 saturated carbocycles. The molecular formula is C25H26ClN3O5S2. The molecule has 4 rings (SSSR count). The Labute approximate surface area is 223 Å². The van der Waals surface area contributed by atoms with Crippen molar-refractivity contribution in [3.63, 3.8) is 0 Å². The van der Waals surface area contributed by atoms with Crippen LogP contribution in [-0.4, -0.2) is 38.5 Å². The van der Waals surface area contributed by atoms with Gasteiger partial charge < -0.3 is 29.6 Å². The van der Waals surface area contributed by atoms with Crippen LogP contribution in [0.3, 0.4) is 0 Å². The third kappa shape index (κ3) is 4.80. The van der Waals surface area contributed by atoms with E-state index in [0.29, 0.717) is 45.4 Å². The fraction of sp³-hybridized carbons (Fsp3) is 0.320. The van der Waals surface area contributed by atoms with Gasteiger partial charge in [-0.25, -0.2) is 4.98 Å². The zero-order valence-corrected chi connectivity index (χ0v) is 22.9. The summed E-state index contributed by atoms with van der Waals surface area (Å²) < 4.78 is 22.4. The van der Waals surface area contributed by atoms with Crippen LogP contribution < -0.4 is 35.0 Å². The number of fused-ring (bicyclic) bond motifs is 3. The molecule has 3 aromatic rings. The number of aryl methyl sites for hydroxylation is 1. The highest BCUT2D eigenvalue weighted by Crippen LogP contribution is 2.54. The molecule has 1 heterocycles. The third-order valence-electron chi connectivity index (χ3n) is 5.95. The van der Waals surface area contributed by atoms with Crippen LogP contribution in [0.2, 0.25) is 5.02 Å². The summed E-state index contributed by atoms with van der Waals surface area (Å²) in [6, 6.07) is 4.73. The minimum atomic E-state index is -0.323. The van der Waals surface area contributed by atoms with Gasteiger partial charge in [0.2, 0.25) is 11.2 Å². The summed E-state index contributed by atoms with van der Waals surface area (Å²) in [5.74, 6) is 1.44. The number of thiocarbonyl (C=S) groups is 1. The zero-order chi connectivity index (χ0) is 26.0. The highest BCUT2D eigenvalue weighted by atomic mass is 35.5. The third-order valence-corrected chi connectivity index (χ3v) is 7.45. The van der Waals surface area contributed by atoms with Crippen molar-refractivity contribution in [2.24, 2.45) is 0 Å².